The molecular weight excluding hydrogens is 391 g/mol. The molecule has 1 N–H and O–H groups in total. The van der Waals surface area contributed by atoms with Gasteiger partial charge in [-0.05, 0) is 36.6 Å². The Kier molecular flexibility index (Phi) is 5.35. The molecule has 1 aromatic carbocycles. The standard InChI is InChI=1S/C21H21FN4O4/c1-12(2)9-17-19(27)24-16(20-23-7-8-29-20)11-26(17)21(28)15-10-18(30-25-15)13-3-5-14(22)6-4-13/h3-8,10,12,16-17H,9,11H2,1-2H3,(H,24,27). The zero-order chi connectivity index (χ0) is 21.3. The van der Waals surface area contributed by atoms with E-state index in [0.29, 0.717) is 23.6 Å². The molecule has 0 bridgehead atoms. The highest BCUT2D eigenvalue weighted by molar-refractivity contribution is 5.97. The van der Waals surface area contributed by atoms with Crippen LogP contribution in [0.1, 0.15) is 42.7 Å². The van der Waals surface area contributed by atoms with E-state index in [0.717, 1.165) is 0 Å². The predicted octanol–water partition coefficient (Wildman–Crippen LogP) is 3.20. The van der Waals surface area contributed by atoms with Gasteiger partial charge in [-0.2, -0.15) is 0 Å². The Hall–Kier alpha value is -3.49. The number of nitrogens with zero attached hydrogens (tertiary/aromatic N) is 3. The lowest BCUT2D eigenvalue weighted by atomic mass is 9.97. The van der Waals surface area contributed by atoms with E-state index < -0.39 is 18.0 Å². The molecule has 1 fully saturated rings. The number of aromatic nitrogens is 2. The van der Waals surface area contributed by atoms with Gasteiger partial charge in [-0.3, -0.25) is 9.59 Å². The lowest BCUT2D eigenvalue weighted by molar-refractivity contribution is -0.130. The first kappa shape index (κ1) is 19.8. The molecule has 1 aliphatic heterocycles. The van der Waals surface area contributed by atoms with Crippen LogP contribution in [0, 0.1) is 11.7 Å². The van der Waals surface area contributed by atoms with Gasteiger partial charge in [-0.15, -0.1) is 0 Å². The summed E-state index contributed by atoms with van der Waals surface area (Å²) in [6, 6.07) is 5.98. The number of amides is 2. The van der Waals surface area contributed by atoms with Gasteiger partial charge in [0, 0.05) is 11.6 Å². The van der Waals surface area contributed by atoms with E-state index in [2.05, 4.69) is 15.5 Å². The number of carbonyl (C=O) groups is 2. The van der Waals surface area contributed by atoms with Crippen LogP contribution in [-0.2, 0) is 4.79 Å². The fourth-order valence-electron chi connectivity index (χ4n) is 3.50. The highest BCUT2D eigenvalue weighted by Crippen LogP contribution is 2.26. The number of halogens is 1. The van der Waals surface area contributed by atoms with Gasteiger partial charge >= 0.3 is 0 Å². The number of hydrogen-bond donors (Lipinski definition) is 1. The smallest absolute Gasteiger partial charge is 0.276 e. The second-order valence-corrected chi connectivity index (χ2v) is 7.62. The minimum atomic E-state index is -0.644. The van der Waals surface area contributed by atoms with Crippen LogP contribution in [0.2, 0.25) is 0 Å². The maximum absolute atomic E-state index is 13.3. The van der Waals surface area contributed by atoms with Crippen LogP contribution >= 0.6 is 0 Å². The van der Waals surface area contributed by atoms with Gasteiger partial charge in [0.05, 0.1) is 12.7 Å². The molecule has 0 aliphatic carbocycles. The van der Waals surface area contributed by atoms with Crippen molar-refractivity contribution in [3.8, 4) is 11.3 Å². The Balaban J connectivity index is 1.61. The second kappa shape index (κ2) is 8.10. The molecular formula is C21H21FN4O4. The summed E-state index contributed by atoms with van der Waals surface area (Å²) in [4.78, 5) is 31.6. The molecule has 0 spiro atoms. The van der Waals surface area contributed by atoms with Gasteiger partial charge in [0.15, 0.2) is 11.5 Å². The number of piperazine rings is 1. The minimum Gasteiger partial charge on any atom is -0.447 e. The second-order valence-electron chi connectivity index (χ2n) is 7.62. The molecule has 0 radical (unpaired) electrons. The van der Waals surface area contributed by atoms with E-state index in [-0.39, 0.29) is 29.9 Å². The molecule has 9 heteroatoms. The van der Waals surface area contributed by atoms with Crippen LogP contribution in [-0.4, -0.2) is 39.4 Å². The van der Waals surface area contributed by atoms with Crippen LogP contribution < -0.4 is 5.32 Å². The van der Waals surface area contributed by atoms with E-state index >= 15 is 0 Å². The molecule has 2 atom stereocenters. The number of nitrogens with one attached hydrogen (secondary N) is 1. The lowest BCUT2D eigenvalue weighted by Gasteiger charge is -2.38. The summed E-state index contributed by atoms with van der Waals surface area (Å²) in [5.41, 5.74) is 0.666. The quantitative estimate of drug-likeness (QED) is 0.691. The first-order chi connectivity index (χ1) is 14.4. The molecule has 2 unspecified atom stereocenters. The van der Waals surface area contributed by atoms with Gasteiger partial charge in [0.1, 0.15) is 24.2 Å². The lowest BCUT2D eigenvalue weighted by Crippen LogP contribution is -2.58. The third-order valence-corrected chi connectivity index (χ3v) is 4.94. The van der Waals surface area contributed by atoms with Crippen LogP contribution in [0.4, 0.5) is 4.39 Å². The zero-order valence-electron chi connectivity index (χ0n) is 16.5. The summed E-state index contributed by atoms with van der Waals surface area (Å²) in [7, 11) is 0. The molecule has 1 aliphatic rings. The van der Waals surface area contributed by atoms with Crippen molar-refractivity contribution >= 4 is 11.8 Å². The van der Waals surface area contributed by atoms with Crippen molar-refractivity contribution in [2.45, 2.75) is 32.4 Å². The molecule has 0 saturated carbocycles. The van der Waals surface area contributed by atoms with Crippen LogP contribution in [0.5, 0.6) is 0 Å². The molecule has 156 valence electrons. The van der Waals surface area contributed by atoms with Crippen molar-refractivity contribution in [2.75, 3.05) is 6.54 Å². The van der Waals surface area contributed by atoms with Crippen molar-refractivity contribution in [2.24, 2.45) is 5.92 Å². The Morgan fingerprint density at radius 2 is 2.10 bits per heavy atom. The van der Waals surface area contributed by atoms with Crippen molar-refractivity contribution in [3.63, 3.8) is 0 Å². The number of hydrogen-bond acceptors (Lipinski definition) is 6. The van der Waals surface area contributed by atoms with Crippen molar-refractivity contribution < 1.29 is 22.9 Å². The fraction of sp³-hybridized carbons (Fsp3) is 0.333. The van der Waals surface area contributed by atoms with E-state index in [1.165, 1.54) is 35.6 Å². The average Bonchev–Trinajstić information content (AvgIpc) is 3.41. The third kappa shape index (κ3) is 3.96. The maximum atomic E-state index is 13.3. The van der Waals surface area contributed by atoms with Crippen molar-refractivity contribution in [1.29, 1.82) is 0 Å². The SMILES string of the molecule is CC(C)CC1C(=O)NC(c2ncco2)CN1C(=O)c1cc(-c2ccc(F)cc2)on1. The molecule has 8 nitrogen and oxygen atoms in total. The first-order valence-electron chi connectivity index (χ1n) is 9.65. The van der Waals surface area contributed by atoms with Crippen LogP contribution in [0.25, 0.3) is 11.3 Å². The predicted molar refractivity (Wildman–Crippen MR) is 104 cm³/mol. The fourth-order valence-corrected chi connectivity index (χ4v) is 3.50. The summed E-state index contributed by atoms with van der Waals surface area (Å²) in [6.07, 6.45) is 3.40. The third-order valence-electron chi connectivity index (χ3n) is 4.94. The molecule has 2 aromatic heterocycles. The normalized spacial score (nSPS) is 19.2. The number of rotatable bonds is 5. The summed E-state index contributed by atoms with van der Waals surface area (Å²) >= 11 is 0. The minimum absolute atomic E-state index is 0.0731. The van der Waals surface area contributed by atoms with Gasteiger partial charge in [-0.25, -0.2) is 9.37 Å². The van der Waals surface area contributed by atoms with Crippen LogP contribution in [0.3, 0.4) is 0 Å². The maximum Gasteiger partial charge on any atom is 0.276 e. The topological polar surface area (TPSA) is 101 Å². The molecule has 3 heterocycles. The number of oxazole rings is 1. The van der Waals surface area contributed by atoms with Gasteiger partial charge in [0.25, 0.3) is 5.91 Å². The van der Waals surface area contributed by atoms with E-state index in [1.54, 1.807) is 12.1 Å². The number of benzene rings is 1. The summed E-state index contributed by atoms with van der Waals surface area (Å²) in [6.45, 7) is 4.17. The number of carbonyl (C=O) groups excluding carboxylic acids is 2. The summed E-state index contributed by atoms with van der Waals surface area (Å²) < 4.78 is 23.8. The molecule has 30 heavy (non-hydrogen) atoms. The molecule has 1 saturated heterocycles. The van der Waals surface area contributed by atoms with E-state index in [9.17, 15) is 14.0 Å². The molecule has 2 amide bonds. The highest BCUT2D eigenvalue weighted by atomic mass is 19.1. The largest absolute Gasteiger partial charge is 0.447 e. The molecule has 4 rings (SSSR count). The Morgan fingerprint density at radius 1 is 1.33 bits per heavy atom. The summed E-state index contributed by atoms with van der Waals surface area (Å²) in [5, 5.41) is 6.76. The van der Waals surface area contributed by atoms with Gasteiger partial charge < -0.3 is 19.2 Å². The van der Waals surface area contributed by atoms with Crippen LogP contribution in [0.15, 0.2) is 51.7 Å². The van der Waals surface area contributed by atoms with E-state index in [4.69, 9.17) is 8.94 Å². The average molecular weight is 412 g/mol. The van der Waals surface area contributed by atoms with Crippen molar-refractivity contribution in [3.05, 3.63) is 60.2 Å². The van der Waals surface area contributed by atoms with Gasteiger partial charge in [-0.1, -0.05) is 19.0 Å². The summed E-state index contributed by atoms with van der Waals surface area (Å²) in [5.74, 6) is -0.205. The first-order valence-corrected chi connectivity index (χ1v) is 9.65. The monoisotopic (exact) mass is 412 g/mol. The molecule has 3 aromatic rings. The zero-order valence-corrected chi connectivity index (χ0v) is 16.5. The van der Waals surface area contributed by atoms with Crippen molar-refractivity contribution in [1.82, 2.24) is 20.4 Å². The Labute approximate surface area is 172 Å². The highest BCUT2D eigenvalue weighted by Gasteiger charge is 2.40. The Morgan fingerprint density at radius 3 is 2.77 bits per heavy atom. The Bertz CT molecular complexity index is 1030. The van der Waals surface area contributed by atoms with E-state index in [1.807, 2.05) is 13.8 Å². The van der Waals surface area contributed by atoms with Gasteiger partial charge in [0.2, 0.25) is 11.8 Å².